The maximum Gasteiger partial charge on any atom is 0.306 e. The summed E-state index contributed by atoms with van der Waals surface area (Å²) in [4.78, 5) is 22.5. The number of carboxylic acid groups (broad SMARTS) is 1. The minimum absolute atomic E-state index is 0.0504. The van der Waals surface area contributed by atoms with Gasteiger partial charge in [0.15, 0.2) is 0 Å². The maximum absolute atomic E-state index is 12.0. The minimum Gasteiger partial charge on any atom is -0.481 e. The van der Waals surface area contributed by atoms with Gasteiger partial charge in [-0.2, -0.15) is 0 Å². The van der Waals surface area contributed by atoms with Gasteiger partial charge in [0.1, 0.15) is 6.10 Å². The summed E-state index contributed by atoms with van der Waals surface area (Å²) in [7, 11) is 0. The number of hydrogen-bond acceptors (Lipinski definition) is 3. The first-order valence-corrected chi connectivity index (χ1v) is 11.0. The largest absolute Gasteiger partial charge is 0.481 e. The van der Waals surface area contributed by atoms with Crippen molar-refractivity contribution in [1.29, 1.82) is 0 Å². The molecular weight excluding hydrogens is 328 g/mol. The molecule has 0 aliphatic carbocycles. The molecule has 0 amide bonds. The van der Waals surface area contributed by atoms with Gasteiger partial charge in [0, 0.05) is 12.8 Å². The third-order valence-electron chi connectivity index (χ3n) is 4.83. The van der Waals surface area contributed by atoms with Gasteiger partial charge in [0.05, 0.1) is 0 Å². The van der Waals surface area contributed by atoms with Gasteiger partial charge in [0.25, 0.3) is 0 Å². The van der Waals surface area contributed by atoms with E-state index < -0.39 is 5.97 Å². The lowest BCUT2D eigenvalue weighted by Gasteiger charge is -2.18. The highest BCUT2D eigenvalue weighted by Gasteiger charge is 2.14. The summed E-state index contributed by atoms with van der Waals surface area (Å²) in [5.74, 6) is -0.954. The normalized spacial score (nSPS) is 12.1. The molecule has 1 unspecified atom stereocenters. The van der Waals surface area contributed by atoms with Crippen LogP contribution in [0.3, 0.4) is 0 Å². The Balaban J connectivity index is 3.99. The van der Waals surface area contributed by atoms with E-state index in [0.29, 0.717) is 19.3 Å². The summed E-state index contributed by atoms with van der Waals surface area (Å²) < 4.78 is 5.70. The second-order valence-corrected chi connectivity index (χ2v) is 7.47. The Morgan fingerprint density at radius 1 is 0.692 bits per heavy atom. The number of carboxylic acids is 1. The van der Waals surface area contributed by atoms with Crippen molar-refractivity contribution in [3.63, 3.8) is 0 Å². The molecule has 0 saturated carbocycles. The topological polar surface area (TPSA) is 63.6 Å². The van der Waals surface area contributed by atoms with Crippen molar-refractivity contribution in [3.05, 3.63) is 0 Å². The Kier molecular flexibility index (Phi) is 18.0. The number of hydrogen-bond donors (Lipinski definition) is 1. The smallest absolute Gasteiger partial charge is 0.306 e. The molecule has 26 heavy (non-hydrogen) atoms. The summed E-state index contributed by atoms with van der Waals surface area (Å²) in [6.07, 6.45) is 17.3. The average molecular weight is 371 g/mol. The number of esters is 1. The number of carbonyl (C=O) groups excluding carboxylic acids is 1. The molecule has 1 atom stereocenters. The number of aliphatic carboxylic acids is 1. The van der Waals surface area contributed by atoms with Gasteiger partial charge in [-0.05, 0) is 38.5 Å². The van der Waals surface area contributed by atoms with Gasteiger partial charge < -0.3 is 9.84 Å². The Labute approximate surface area is 161 Å². The van der Waals surface area contributed by atoms with E-state index in [1.807, 2.05) is 0 Å². The predicted molar refractivity (Wildman–Crippen MR) is 107 cm³/mol. The van der Waals surface area contributed by atoms with E-state index in [0.717, 1.165) is 25.7 Å². The third-order valence-corrected chi connectivity index (χ3v) is 4.83. The summed E-state index contributed by atoms with van der Waals surface area (Å²) >= 11 is 0. The van der Waals surface area contributed by atoms with E-state index in [4.69, 9.17) is 9.84 Å². The monoisotopic (exact) mass is 370 g/mol. The van der Waals surface area contributed by atoms with Crippen molar-refractivity contribution >= 4 is 11.9 Å². The van der Waals surface area contributed by atoms with Crippen molar-refractivity contribution in [3.8, 4) is 0 Å². The van der Waals surface area contributed by atoms with Crippen molar-refractivity contribution in [2.45, 2.75) is 129 Å². The highest BCUT2D eigenvalue weighted by atomic mass is 16.5. The fraction of sp³-hybridized carbons (Fsp3) is 0.909. The van der Waals surface area contributed by atoms with Gasteiger partial charge in [-0.3, -0.25) is 9.59 Å². The van der Waals surface area contributed by atoms with Crippen LogP contribution in [0.25, 0.3) is 0 Å². The zero-order valence-electron chi connectivity index (χ0n) is 17.3. The highest BCUT2D eigenvalue weighted by Crippen LogP contribution is 2.17. The quantitative estimate of drug-likeness (QED) is 0.204. The molecule has 0 saturated heterocycles. The Bertz CT molecular complexity index is 341. The summed E-state index contributed by atoms with van der Waals surface area (Å²) in [5.41, 5.74) is 0. The summed E-state index contributed by atoms with van der Waals surface area (Å²) in [6, 6.07) is 0. The molecule has 0 aromatic rings. The number of ether oxygens (including phenoxy) is 1. The molecule has 0 aromatic carbocycles. The molecule has 0 aromatic heterocycles. The van der Waals surface area contributed by atoms with Gasteiger partial charge in [-0.1, -0.05) is 71.6 Å². The molecule has 0 radical (unpaired) electrons. The molecular formula is C22H42O4. The highest BCUT2D eigenvalue weighted by molar-refractivity contribution is 5.70. The molecule has 0 fully saturated rings. The van der Waals surface area contributed by atoms with E-state index in [1.165, 1.54) is 57.8 Å². The molecule has 4 heteroatoms. The first kappa shape index (κ1) is 24.9. The van der Waals surface area contributed by atoms with Crippen molar-refractivity contribution in [2.24, 2.45) is 0 Å². The molecule has 0 rings (SSSR count). The van der Waals surface area contributed by atoms with Crippen molar-refractivity contribution in [2.75, 3.05) is 0 Å². The van der Waals surface area contributed by atoms with Crippen LogP contribution in [-0.4, -0.2) is 23.1 Å². The van der Waals surface area contributed by atoms with Crippen LogP contribution in [0.15, 0.2) is 0 Å². The Morgan fingerprint density at radius 3 is 1.69 bits per heavy atom. The second-order valence-electron chi connectivity index (χ2n) is 7.47. The van der Waals surface area contributed by atoms with E-state index in [1.54, 1.807) is 0 Å². The molecule has 4 nitrogen and oxygen atoms in total. The van der Waals surface area contributed by atoms with Crippen LogP contribution < -0.4 is 0 Å². The van der Waals surface area contributed by atoms with E-state index in [2.05, 4.69) is 13.8 Å². The lowest BCUT2D eigenvalue weighted by Crippen LogP contribution is -2.18. The van der Waals surface area contributed by atoms with Crippen molar-refractivity contribution in [1.82, 2.24) is 0 Å². The van der Waals surface area contributed by atoms with Crippen LogP contribution in [0.4, 0.5) is 0 Å². The lowest BCUT2D eigenvalue weighted by atomic mass is 10.0. The molecule has 0 aliphatic heterocycles. The first-order chi connectivity index (χ1) is 12.6. The van der Waals surface area contributed by atoms with Crippen LogP contribution in [0.2, 0.25) is 0 Å². The fourth-order valence-electron chi connectivity index (χ4n) is 3.18. The van der Waals surface area contributed by atoms with Gasteiger partial charge >= 0.3 is 11.9 Å². The number of carbonyl (C=O) groups is 2. The predicted octanol–water partition coefficient (Wildman–Crippen LogP) is 6.65. The van der Waals surface area contributed by atoms with E-state index >= 15 is 0 Å². The zero-order chi connectivity index (χ0) is 19.5. The number of unbranched alkanes of at least 4 members (excludes halogenated alkanes) is 10. The SMILES string of the molecule is CCCCCCCCCC(CCCCCC)OC(=O)CCCCC(=O)O. The summed E-state index contributed by atoms with van der Waals surface area (Å²) in [6.45, 7) is 4.44. The van der Waals surface area contributed by atoms with Crippen LogP contribution in [0.1, 0.15) is 123 Å². The van der Waals surface area contributed by atoms with Crippen LogP contribution >= 0.6 is 0 Å². The first-order valence-electron chi connectivity index (χ1n) is 11.0. The van der Waals surface area contributed by atoms with Crippen molar-refractivity contribution < 1.29 is 19.4 Å². The standard InChI is InChI=1S/C22H42O4/c1-3-5-7-9-10-11-13-17-20(16-12-8-6-4-2)26-22(25)19-15-14-18-21(23)24/h20H,3-19H2,1-2H3,(H,23,24). The Hall–Kier alpha value is -1.06. The van der Waals surface area contributed by atoms with Crippen LogP contribution in [0, 0.1) is 0 Å². The van der Waals surface area contributed by atoms with Gasteiger partial charge in [-0.15, -0.1) is 0 Å². The molecule has 0 aliphatic rings. The van der Waals surface area contributed by atoms with E-state index in [9.17, 15) is 9.59 Å². The lowest BCUT2D eigenvalue weighted by molar-refractivity contribution is -0.150. The second kappa shape index (κ2) is 18.7. The molecule has 154 valence electrons. The third kappa shape index (κ3) is 17.8. The van der Waals surface area contributed by atoms with E-state index in [-0.39, 0.29) is 18.5 Å². The summed E-state index contributed by atoms with van der Waals surface area (Å²) in [5, 5.41) is 8.64. The van der Waals surface area contributed by atoms with Gasteiger partial charge in [0.2, 0.25) is 0 Å². The van der Waals surface area contributed by atoms with Crippen LogP contribution in [-0.2, 0) is 14.3 Å². The zero-order valence-corrected chi connectivity index (χ0v) is 17.3. The maximum atomic E-state index is 12.0. The molecule has 1 N–H and O–H groups in total. The average Bonchev–Trinajstić information content (AvgIpc) is 2.61. The van der Waals surface area contributed by atoms with Gasteiger partial charge in [-0.25, -0.2) is 0 Å². The van der Waals surface area contributed by atoms with Crippen LogP contribution in [0.5, 0.6) is 0 Å². The Morgan fingerprint density at radius 2 is 1.15 bits per heavy atom. The fourth-order valence-corrected chi connectivity index (χ4v) is 3.18. The molecule has 0 spiro atoms. The molecule has 0 heterocycles. The number of rotatable bonds is 19. The minimum atomic E-state index is -0.800. The molecule has 0 bridgehead atoms.